The van der Waals surface area contributed by atoms with Crippen molar-refractivity contribution in [3.8, 4) is 0 Å². The summed E-state index contributed by atoms with van der Waals surface area (Å²) in [5.74, 6) is 1.55. The van der Waals surface area contributed by atoms with E-state index in [4.69, 9.17) is 0 Å². The lowest BCUT2D eigenvalue weighted by molar-refractivity contribution is -0.133. The van der Waals surface area contributed by atoms with Crippen molar-refractivity contribution in [3.05, 3.63) is 35.4 Å². The molecule has 0 spiro atoms. The molecular formula is C18H26N2O. The second-order valence-electron chi connectivity index (χ2n) is 6.87. The van der Waals surface area contributed by atoms with Gasteiger partial charge in [0.15, 0.2) is 0 Å². The Labute approximate surface area is 127 Å². The summed E-state index contributed by atoms with van der Waals surface area (Å²) in [6.07, 6.45) is 2.10. The molecule has 0 radical (unpaired) electrons. The third-order valence-electron chi connectivity index (χ3n) is 5.07. The number of nitrogens with zero attached hydrogens (tertiary/aromatic N) is 1. The summed E-state index contributed by atoms with van der Waals surface area (Å²) < 4.78 is 0. The van der Waals surface area contributed by atoms with E-state index in [-0.39, 0.29) is 5.92 Å². The molecule has 3 nitrogen and oxygen atoms in total. The van der Waals surface area contributed by atoms with E-state index < -0.39 is 0 Å². The van der Waals surface area contributed by atoms with Crippen LogP contribution in [0.15, 0.2) is 24.3 Å². The van der Waals surface area contributed by atoms with E-state index in [1.807, 2.05) is 11.9 Å². The molecule has 0 bridgehead atoms. The van der Waals surface area contributed by atoms with Crippen LogP contribution in [-0.2, 0) is 4.79 Å². The minimum atomic E-state index is 0.209. The van der Waals surface area contributed by atoms with Gasteiger partial charge in [-0.2, -0.15) is 0 Å². The summed E-state index contributed by atoms with van der Waals surface area (Å²) in [7, 11) is 1.97. The van der Waals surface area contributed by atoms with Gasteiger partial charge >= 0.3 is 0 Å². The molecule has 3 atom stereocenters. The number of nitrogens with one attached hydrogen (secondary N) is 1. The number of carbonyl (C=O) groups excluding carboxylic acids is 1. The SMILES string of the molecule is CC(C)c1ccc(C2CC2C(=O)N(C)C2CCNC2)cc1. The maximum atomic E-state index is 12.5. The first-order valence-electron chi connectivity index (χ1n) is 8.15. The second-order valence-corrected chi connectivity index (χ2v) is 6.87. The Balaban J connectivity index is 1.61. The molecule has 0 aromatic heterocycles. The molecule has 2 fully saturated rings. The molecule has 1 saturated heterocycles. The summed E-state index contributed by atoms with van der Waals surface area (Å²) >= 11 is 0. The molecular weight excluding hydrogens is 260 g/mol. The highest BCUT2D eigenvalue weighted by Gasteiger charge is 2.46. The van der Waals surface area contributed by atoms with Crippen LogP contribution in [0.2, 0.25) is 0 Å². The van der Waals surface area contributed by atoms with E-state index in [0.717, 1.165) is 25.9 Å². The van der Waals surface area contributed by atoms with Crippen LogP contribution in [0.3, 0.4) is 0 Å². The van der Waals surface area contributed by atoms with Crippen LogP contribution in [-0.4, -0.2) is 37.0 Å². The average Bonchev–Trinajstić information content (AvgIpc) is 3.10. The fourth-order valence-corrected chi connectivity index (χ4v) is 3.38. The molecule has 1 aromatic carbocycles. The molecule has 21 heavy (non-hydrogen) atoms. The van der Waals surface area contributed by atoms with Crippen molar-refractivity contribution in [3.63, 3.8) is 0 Å². The predicted octanol–water partition coefficient (Wildman–Crippen LogP) is 2.73. The third-order valence-corrected chi connectivity index (χ3v) is 5.07. The molecule has 1 aliphatic carbocycles. The quantitative estimate of drug-likeness (QED) is 0.923. The lowest BCUT2D eigenvalue weighted by Crippen LogP contribution is -2.39. The van der Waals surface area contributed by atoms with E-state index in [1.165, 1.54) is 11.1 Å². The Hall–Kier alpha value is -1.35. The first-order chi connectivity index (χ1) is 10.1. The summed E-state index contributed by atoms with van der Waals surface area (Å²) in [4.78, 5) is 14.5. The number of likely N-dealkylation sites (N-methyl/N-ethyl adjacent to an activating group) is 1. The van der Waals surface area contributed by atoms with E-state index >= 15 is 0 Å². The molecule has 1 N–H and O–H groups in total. The van der Waals surface area contributed by atoms with Gasteiger partial charge in [0.05, 0.1) is 0 Å². The zero-order valence-electron chi connectivity index (χ0n) is 13.3. The van der Waals surface area contributed by atoms with Crippen molar-refractivity contribution in [1.82, 2.24) is 10.2 Å². The smallest absolute Gasteiger partial charge is 0.226 e. The maximum absolute atomic E-state index is 12.5. The Morgan fingerprint density at radius 3 is 2.57 bits per heavy atom. The van der Waals surface area contributed by atoms with Gasteiger partial charge in [-0.15, -0.1) is 0 Å². The molecule has 2 aliphatic rings. The largest absolute Gasteiger partial charge is 0.341 e. The fraction of sp³-hybridized carbons (Fsp3) is 0.611. The van der Waals surface area contributed by atoms with E-state index in [9.17, 15) is 4.79 Å². The van der Waals surface area contributed by atoms with Crippen LogP contribution in [0.5, 0.6) is 0 Å². The Bertz CT molecular complexity index is 502. The lowest BCUT2D eigenvalue weighted by atomic mass is 10.00. The zero-order chi connectivity index (χ0) is 15.0. The Kier molecular flexibility index (Phi) is 4.03. The van der Waals surface area contributed by atoms with Crippen molar-refractivity contribution in [2.75, 3.05) is 20.1 Å². The van der Waals surface area contributed by atoms with Crippen molar-refractivity contribution in [2.24, 2.45) is 5.92 Å². The highest BCUT2D eigenvalue weighted by Crippen LogP contribution is 2.48. The molecule has 1 aliphatic heterocycles. The highest BCUT2D eigenvalue weighted by atomic mass is 16.2. The van der Waals surface area contributed by atoms with Gasteiger partial charge in [0, 0.05) is 25.6 Å². The monoisotopic (exact) mass is 286 g/mol. The van der Waals surface area contributed by atoms with Crippen LogP contribution in [0, 0.1) is 5.92 Å². The minimum absolute atomic E-state index is 0.209. The maximum Gasteiger partial charge on any atom is 0.226 e. The lowest BCUT2D eigenvalue weighted by Gasteiger charge is -2.24. The first-order valence-corrected chi connectivity index (χ1v) is 8.15. The molecule has 1 amide bonds. The van der Waals surface area contributed by atoms with Gasteiger partial charge in [-0.3, -0.25) is 4.79 Å². The van der Waals surface area contributed by atoms with Gasteiger partial charge in [-0.05, 0) is 42.3 Å². The number of rotatable bonds is 4. The van der Waals surface area contributed by atoms with Gasteiger partial charge in [0.1, 0.15) is 0 Å². The number of carbonyl (C=O) groups is 1. The molecule has 3 unspecified atom stereocenters. The number of hydrogen-bond acceptors (Lipinski definition) is 2. The van der Waals surface area contributed by atoms with Crippen LogP contribution >= 0.6 is 0 Å². The Morgan fingerprint density at radius 1 is 1.29 bits per heavy atom. The molecule has 1 saturated carbocycles. The summed E-state index contributed by atoms with van der Waals surface area (Å²) in [6, 6.07) is 9.24. The summed E-state index contributed by atoms with van der Waals surface area (Å²) in [5, 5.41) is 3.33. The van der Waals surface area contributed by atoms with Gasteiger partial charge < -0.3 is 10.2 Å². The number of amides is 1. The van der Waals surface area contributed by atoms with Crippen molar-refractivity contribution in [1.29, 1.82) is 0 Å². The molecule has 114 valence electrons. The van der Waals surface area contributed by atoms with Crippen molar-refractivity contribution in [2.45, 2.75) is 44.6 Å². The topological polar surface area (TPSA) is 32.3 Å². The molecule has 1 heterocycles. The zero-order valence-corrected chi connectivity index (χ0v) is 13.3. The van der Waals surface area contributed by atoms with Gasteiger partial charge in [0.2, 0.25) is 5.91 Å². The van der Waals surface area contributed by atoms with Crippen molar-refractivity contribution >= 4 is 5.91 Å². The van der Waals surface area contributed by atoms with Gasteiger partial charge in [0.25, 0.3) is 0 Å². The van der Waals surface area contributed by atoms with Crippen LogP contribution in [0.25, 0.3) is 0 Å². The van der Waals surface area contributed by atoms with Crippen LogP contribution < -0.4 is 5.32 Å². The van der Waals surface area contributed by atoms with Crippen LogP contribution in [0.1, 0.15) is 49.7 Å². The normalized spacial score (nSPS) is 27.9. The van der Waals surface area contributed by atoms with Gasteiger partial charge in [-0.1, -0.05) is 38.1 Å². The summed E-state index contributed by atoms with van der Waals surface area (Å²) in [6.45, 7) is 6.40. The van der Waals surface area contributed by atoms with Gasteiger partial charge in [-0.25, -0.2) is 0 Å². The number of benzene rings is 1. The highest BCUT2D eigenvalue weighted by molar-refractivity contribution is 5.83. The van der Waals surface area contributed by atoms with Crippen molar-refractivity contribution < 1.29 is 4.79 Å². The standard InChI is InChI=1S/C18H26N2O/c1-12(2)13-4-6-14(7-5-13)16-10-17(16)18(21)20(3)15-8-9-19-11-15/h4-7,12,15-17,19H,8-11H2,1-3H3. The predicted molar refractivity (Wildman–Crippen MR) is 85.4 cm³/mol. The molecule has 3 heteroatoms. The fourth-order valence-electron chi connectivity index (χ4n) is 3.38. The van der Waals surface area contributed by atoms with E-state index in [0.29, 0.717) is 23.8 Å². The summed E-state index contributed by atoms with van der Waals surface area (Å²) in [5.41, 5.74) is 2.70. The molecule has 1 aromatic rings. The molecule has 3 rings (SSSR count). The van der Waals surface area contributed by atoms with E-state index in [1.54, 1.807) is 0 Å². The average molecular weight is 286 g/mol. The number of hydrogen-bond donors (Lipinski definition) is 1. The minimum Gasteiger partial charge on any atom is -0.341 e. The van der Waals surface area contributed by atoms with E-state index in [2.05, 4.69) is 43.4 Å². The first kappa shape index (κ1) is 14.6. The Morgan fingerprint density at radius 2 is 2.00 bits per heavy atom. The third kappa shape index (κ3) is 2.98. The van der Waals surface area contributed by atoms with Crippen LogP contribution in [0.4, 0.5) is 0 Å². The second kappa shape index (κ2) is 5.80.